The molecule has 0 saturated carbocycles. The fraction of sp³-hybridized carbons (Fsp3) is 0.333. The molecule has 0 unspecified atom stereocenters. The number of hydrogen-bond donors (Lipinski definition) is 0. The Morgan fingerprint density at radius 2 is 1.94 bits per heavy atom. The van der Waals surface area contributed by atoms with Gasteiger partial charge in [-0.05, 0) is 30.2 Å². The first-order chi connectivity index (χ1) is 7.58. The Kier molecular flexibility index (Phi) is 4.05. The molecule has 0 aromatic heterocycles. The summed E-state index contributed by atoms with van der Waals surface area (Å²) in [6.07, 6.45) is 0.0580. The predicted octanol–water partition coefficient (Wildman–Crippen LogP) is 1.29. The average molecular weight is 222 g/mol. The highest BCUT2D eigenvalue weighted by molar-refractivity contribution is 6.34. The van der Waals surface area contributed by atoms with Gasteiger partial charge < -0.3 is 9.47 Å². The number of Topliss-reactive ketones (excluding diaryl/α,β-unsaturated/α-hetero) is 1. The van der Waals surface area contributed by atoms with Crippen LogP contribution >= 0.6 is 0 Å². The lowest BCUT2D eigenvalue weighted by molar-refractivity contribution is -0.151. The molecule has 1 aromatic carbocycles. The molecule has 0 radical (unpaired) electrons. The van der Waals surface area contributed by atoms with Gasteiger partial charge in [0.15, 0.2) is 0 Å². The van der Waals surface area contributed by atoms with E-state index < -0.39 is 11.8 Å². The molecule has 0 saturated heterocycles. The number of ether oxygens (including phenoxy) is 2. The van der Waals surface area contributed by atoms with E-state index in [1.54, 1.807) is 19.2 Å². The van der Waals surface area contributed by atoms with Crippen LogP contribution in [0.1, 0.15) is 11.1 Å². The number of hydrogen-bond acceptors (Lipinski definition) is 4. The highest BCUT2D eigenvalue weighted by Crippen LogP contribution is 2.17. The Hall–Kier alpha value is -1.84. The van der Waals surface area contributed by atoms with Crippen molar-refractivity contribution in [2.45, 2.75) is 13.3 Å². The number of esters is 1. The van der Waals surface area contributed by atoms with Crippen LogP contribution in [0.15, 0.2) is 18.2 Å². The first-order valence-corrected chi connectivity index (χ1v) is 4.83. The van der Waals surface area contributed by atoms with E-state index >= 15 is 0 Å². The second-order valence-corrected chi connectivity index (χ2v) is 3.38. The molecule has 0 atom stereocenters. The number of carbonyl (C=O) groups is 2. The number of rotatable bonds is 4. The lowest BCUT2D eigenvalue weighted by Crippen LogP contribution is -2.18. The number of benzene rings is 1. The van der Waals surface area contributed by atoms with Crippen LogP contribution in [0.4, 0.5) is 0 Å². The molecule has 0 N–H and O–H groups in total. The molecule has 16 heavy (non-hydrogen) atoms. The van der Waals surface area contributed by atoms with Crippen molar-refractivity contribution in [3.8, 4) is 5.75 Å². The summed E-state index contributed by atoms with van der Waals surface area (Å²) < 4.78 is 9.40. The zero-order valence-electron chi connectivity index (χ0n) is 9.57. The number of methoxy groups -OCH3 is 2. The topological polar surface area (TPSA) is 52.6 Å². The van der Waals surface area contributed by atoms with Crippen LogP contribution in [-0.4, -0.2) is 26.0 Å². The largest absolute Gasteiger partial charge is 0.497 e. The lowest BCUT2D eigenvalue weighted by atomic mass is 10.0. The van der Waals surface area contributed by atoms with Gasteiger partial charge in [0.05, 0.1) is 14.2 Å². The summed E-state index contributed by atoms with van der Waals surface area (Å²) in [5.41, 5.74) is 1.72. The molecule has 1 rings (SSSR count). The van der Waals surface area contributed by atoms with Gasteiger partial charge in [-0.25, -0.2) is 4.79 Å². The van der Waals surface area contributed by atoms with Gasteiger partial charge in [-0.1, -0.05) is 6.07 Å². The number of aryl methyl sites for hydroxylation is 1. The summed E-state index contributed by atoms with van der Waals surface area (Å²) in [6, 6.07) is 5.35. The Labute approximate surface area is 94.2 Å². The van der Waals surface area contributed by atoms with Crippen molar-refractivity contribution in [2.24, 2.45) is 0 Å². The van der Waals surface area contributed by atoms with Crippen molar-refractivity contribution < 1.29 is 19.1 Å². The standard InChI is InChI=1S/C12H14O4/c1-8-6-10(15-2)5-4-9(8)7-11(13)12(14)16-3/h4-6H,7H2,1-3H3. The van der Waals surface area contributed by atoms with Gasteiger partial charge in [-0.2, -0.15) is 0 Å². The van der Waals surface area contributed by atoms with Crippen molar-refractivity contribution >= 4 is 11.8 Å². The molecule has 0 aliphatic carbocycles. The van der Waals surface area contributed by atoms with E-state index in [-0.39, 0.29) is 6.42 Å². The molecular weight excluding hydrogens is 208 g/mol. The van der Waals surface area contributed by atoms with Crippen LogP contribution in [0.2, 0.25) is 0 Å². The van der Waals surface area contributed by atoms with Gasteiger partial charge in [0.2, 0.25) is 5.78 Å². The Morgan fingerprint density at radius 1 is 1.25 bits per heavy atom. The van der Waals surface area contributed by atoms with Crippen LogP contribution < -0.4 is 4.74 Å². The first-order valence-electron chi connectivity index (χ1n) is 4.83. The fourth-order valence-electron chi connectivity index (χ4n) is 1.35. The van der Waals surface area contributed by atoms with Crippen molar-refractivity contribution in [3.63, 3.8) is 0 Å². The van der Waals surface area contributed by atoms with Crippen LogP contribution in [-0.2, 0) is 20.7 Å². The molecule has 1 aromatic rings. The number of ketones is 1. The highest BCUT2D eigenvalue weighted by atomic mass is 16.5. The van der Waals surface area contributed by atoms with E-state index in [0.29, 0.717) is 0 Å². The second kappa shape index (κ2) is 5.30. The SMILES string of the molecule is COC(=O)C(=O)Cc1ccc(OC)cc1C. The molecule has 0 heterocycles. The zero-order chi connectivity index (χ0) is 12.1. The molecule has 86 valence electrons. The summed E-state index contributed by atoms with van der Waals surface area (Å²) in [4.78, 5) is 22.3. The summed E-state index contributed by atoms with van der Waals surface area (Å²) in [7, 11) is 2.77. The smallest absolute Gasteiger partial charge is 0.374 e. The minimum atomic E-state index is -0.810. The zero-order valence-corrected chi connectivity index (χ0v) is 9.57. The molecule has 4 nitrogen and oxygen atoms in total. The molecule has 0 amide bonds. The Bertz CT molecular complexity index is 409. The maximum Gasteiger partial charge on any atom is 0.374 e. The third kappa shape index (κ3) is 2.82. The molecule has 0 spiro atoms. The molecule has 0 aliphatic rings. The summed E-state index contributed by atoms with van der Waals surface area (Å²) in [6.45, 7) is 1.86. The molecule has 0 aliphatic heterocycles. The quantitative estimate of drug-likeness (QED) is 0.569. The minimum Gasteiger partial charge on any atom is -0.497 e. The maximum absolute atomic E-state index is 11.3. The monoisotopic (exact) mass is 222 g/mol. The van der Waals surface area contributed by atoms with Crippen molar-refractivity contribution in [3.05, 3.63) is 29.3 Å². The third-order valence-corrected chi connectivity index (χ3v) is 2.31. The number of carbonyl (C=O) groups excluding carboxylic acids is 2. The van der Waals surface area contributed by atoms with Crippen molar-refractivity contribution in [1.82, 2.24) is 0 Å². The van der Waals surface area contributed by atoms with Gasteiger partial charge in [-0.3, -0.25) is 4.79 Å². The van der Waals surface area contributed by atoms with Crippen LogP contribution in [0.5, 0.6) is 5.75 Å². The van der Waals surface area contributed by atoms with E-state index in [9.17, 15) is 9.59 Å². The fourth-order valence-corrected chi connectivity index (χ4v) is 1.35. The molecule has 0 bridgehead atoms. The summed E-state index contributed by atoms with van der Waals surface area (Å²) >= 11 is 0. The van der Waals surface area contributed by atoms with Gasteiger partial charge in [0.1, 0.15) is 5.75 Å². The molecule has 4 heteroatoms. The van der Waals surface area contributed by atoms with Gasteiger partial charge in [0, 0.05) is 6.42 Å². The van der Waals surface area contributed by atoms with Gasteiger partial charge in [-0.15, -0.1) is 0 Å². The Balaban J connectivity index is 2.82. The van der Waals surface area contributed by atoms with E-state index in [1.165, 1.54) is 7.11 Å². The van der Waals surface area contributed by atoms with E-state index in [1.807, 2.05) is 13.0 Å². The van der Waals surface area contributed by atoms with Crippen LogP contribution in [0.25, 0.3) is 0 Å². The molecular formula is C12H14O4. The van der Waals surface area contributed by atoms with E-state index in [4.69, 9.17) is 4.74 Å². The molecule has 0 fully saturated rings. The summed E-state index contributed by atoms with van der Waals surface area (Å²) in [5.74, 6) is -0.627. The second-order valence-electron chi connectivity index (χ2n) is 3.38. The van der Waals surface area contributed by atoms with Crippen molar-refractivity contribution in [1.29, 1.82) is 0 Å². The highest BCUT2D eigenvalue weighted by Gasteiger charge is 2.15. The van der Waals surface area contributed by atoms with Gasteiger partial charge in [0.25, 0.3) is 0 Å². The van der Waals surface area contributed by atoms with Gasteiger partial charge >= 0.3 is 5.97 Å². The Morgan fingerprint density at radius 3 is 2.44 bits per heavy atom. The third-order valence-electron chi connectivity index (χ3n) is 2.31. The minimum absolute atomic E-state index is 0.0580. The first kappa shape index (κ1) is 12.2. The predicted molar refractivity (Wildman–Crippen MR) is 58.5 cm³/mol. The van der Waals surface area contributed by atoms with Crippen molar-refractivity contribution in [2.75, 3.05) is 14.2 Å². The van der Waals surface area contributed by atoms with Crippen LogP contribution in [0, 0.1) is 6.92 Å². The lowest BCUT2D eigenvalue weighted by Gasteiger charge is -2.06. The maximum atomic E-state index is 11.3. The average Bonchev–Trinajstić information content (AvgIpc) is 2.30. The van der Waals surface area contributed by atoms with E-state index in [2.05, 4.69) is 4.74 Å². The van der Waals surface area contributed by atoms with E-state index in [0.717, 1.165) is 16.9 Å². The normalized spacial score (nSPS) is 9.69. The van der Waals surface area contributed by atoms with Crippen LogP contribution in [0.3, 0.4) is 0 Å². The summed E-state index contributed by atoms with van der Waals surface area (Å²) in [5, 5.41) is 0.